The van der Waals surface area contributed by atoms with Crippen LogP contribution in [0.15, 0.2) is 0 Å². The van der Waals surface area contributed by atoms with Crippen molar-refractivity contribution in [1.82, 2.24) is 9.80 Å². The number of rotatable bonds is 1. The van der Waals surface area contributed by atoms with E-state index in [0.717, 1.165) is 19.4 Å². The summed E-state index contributed by atoms with van der Waals surface area (Å²) < 4.78 is 0. The molecule has 2 heterocycles. The van der Waals surface area contributed by atoms with Gasteiger partial charge in [0.2, 0.25) is 5.91 Å². The minimum Gasteiger partial charge on any atom is -0.351 e. The van der Waals surface area contributed by atoms with Gasteiger partial charge in [-0.25, -0.2) is 4.79 Å². The van der Waals surface area contributed by atoms with E-state index in [1.807, 2.05) is 4.90 Å². The molecule has 0 radical (unpaired) electrons. The topological polar surface area (TPSA) is 66.6 Å². The molecule has 78 valence electrons. The second-order valence-corrected chi connectivity index (χ2v) is 3.94. The lowest BCUT2D eigenvalue weighted by molar-refractivity contribution is -0.138. The van der Waals surface area contributed by atoms with Gasteiger partial charge in [0.05, 0.1) is 6.04 Å². The summed E-state index contributed by atoms with van der Waals surface area (Å²) in [5, 5.41) is 0. The maximum atomic E-state index is 11.5. The van der Waals surface area contributed by atoms with Gasteiger partial charge in [-0.3, -0.25) is 4.79 Å². The maximum Gasteiger partial charge on any atom is 0.314 e. The van der Waals surface area contributed by atoms with Gasteiger partial charge in [-0.05, 0) is 12.8 Å². The Bertz CT molecular complexity index is 261. The molecule has 2 N–H and O–H groups in total. The van der Waals surface area contributed by atoms with Gasteiger partial charge in [-0.1, -0.05) is 0 Å². The predicted octanol–water partition coefficient (Wildman–Crippen LogP) is -0.238. The van der Waals surface area contributed by atoms with Crippen LogP contribution in [-0.4, -0.2) is 47.4 Å². The summed E-state index contributed by atoms with van der Waals surface area (Å²) in [4.78, 5) is 25.7. The fourth-order valence-corrected chi connectivity index (χ4v) is 2.05. The normalized spacial score (nSPS) is 23.6. The average molecular weight is 197 g/mol. The third-order valence-electron chi connectivity index (χ3n) is 2.97. The first-order valence-corrected chi connectivity index (χ1v) is 5.02. The number of hydrogen-bond acceptors (Lipinski definition) is 2. The van der Waals surface area contributed by atoms with Crippen molar-refractivity contribution in [1.29, 1.82) is 0 Å². The van der Waals surface area contributed by atoms with Gasteiger partial charge in [0.25, 0.3) is 0 Å². The van der Waals surface area contributed by atoms with Crippen molar-refractivity contribution in [2.45, 2.75) is 25.3 Å². The SMILES string of the molecule is NC(=O)N1CC(N2CCCCC2=O)C1. The van der Waals surface area contributed by atoms with E-state index in [1.54, 1.807) is 4.90 Å². The Morgan fingerprint density at radius 2 is 2.07 bits per heavy atom. The molecule has 0 aromatic carbocycles. The highest BCUT2D eigenvalue weighted by Gasteiger charge is 2.36. The lowest BCUT2D eigenvalue weighted by atomic mass is 10.0. The molecule has 2 rings (SSSR count). The fraction of sp³-hybridized carbons (Fsp3) is 0.778. The molecule has 0 spiro atoms. The Kier molecular flexibility index (Phi) is 2.31. The van der Waals surface area contributed by atoms with Crippen LogP contribution in [0.5, 0.6) is 0 Å². The van der Waals surface area contributed by atoms with Crippen LogP contribution < -0.4 is 5.73 Å². The van der Waals surface area contributed by atoms with E-state index in [2.05, 4.69) is 0 Å². The largest absolute Gasteiger partial charge is 0.351 e. The second-order valence-electron chi connectivity index (χ2n) is 3.94. The van der Waals surface area contributed by atoms with E-state index >= 15 is 0 Å². The standard InChI is InChI=1S/C9H15N3O2/c10-9(14)11-5-7(6-11)12-4-2-1-3-8(12)13/h7H,1-6H2,(H2,10,14). The molecule has 5 heteroatoms. The minimum absolute atomic E-state index is 0.218. The van der Waals surface area contributed by atoms with Crippen LogP contribution in [0.2, 0.25) is 0 Å². The summed E-state index contributed by atoms with van der Waals surface area (Å²) in [7, 11) is 0. The van der Waals surface area contributed by atoms with Crippen LogP contribution in [0.1, 0.15) is 19.3 Å². The van der Waals surface area contributed by atoms with Crippen molar-refractivity contribution in [3.8, 4) is 0 Å². The summed E-state index contributed by atoms with van der Waals surface area (Å²) >= 11 is 0. The van der Waals surface area contributed by atoms with E-state index < -0.39 is 0 Å². The Morgan fingerprint density at radius 3 is 2.64 bits per heavy atom. The molecule has 0 aromatic rings. The van der Waals surface area contributed by atoms with Gasteiger partial charge in [-0.2, -0.15) is 0 Å². The lowest BCUT2D eigenvalue weighted by Gasteiger charge is -2.45. The third-order valence-corrected chi connectivity index (χ3v) is 2.97. The number of amides is 3. The zero-order chi connectivity index (χ0) is 10.1. The van der Waals surface area contributed by atoms with Crippen molar-refractivity contribution in [3.05, 3.63) is 0 Å². The molecule has 0 aliphatic carbocycles. The molecule has 0 unspecified atom stereocenters. The summed E-state index contributed by atoms with van der Waals surface area (Å²) in [5.74, 6) is 0.227. The van der Waals surface area contributed by atoms with Crippen LogP contribution in [-0.2, 0) is 4.79 Å². The molecule has 3 amide bonds. The van der Waals surface area contributed by atoms with E-state index in [4.69, 9.17) is 5.73 Å². The molecule has 2 fully saturated rings. The molecule has 5 nitrogen and oxygen atoms in total. The number of urea groups is 1. The average Bonchev–Trinajstić information content (AvgIpc) is 2.05. The first-order chi connectivity index (χ1) is 6.68. The first kappa shape index (κ1) is 9.30. The molecule has 0 saturated carbocycles. The lowest BCUT2D eigenvalue weighted by Crippen LogP contribution is -2.64. The number of likely N-dealkylation sites (tertiary alicyclic amines) is 2. The maximum absolute atomic E-state index is 11.5. The van der Waals surface area contributed by atoms with Crippen LogP contribution in [0, 0.1) is 0 Å². The molecule has 0 aromatic heterocycles. The number of hydrogen-bond donors (Lipinski definition) is 1. The number of piperidine rings is 1. The molecule has 2 saturated heterocycles. The Morgan fingerprint density at radius 1 is 1.36 bits per heavy atom. The van der Waals surface area contributed by atoms with Gasteiger partial charge in [0.1, 0.15) is 0 Å². The quantitative estimate of drug-likeness (QED) is 0.630. The van der Waals surface area contributed by atoms with E-state index in [9.17, 15) is 9.59 Å². The summed E-state index contributed by atoms with van der Waals surface area (Å²) in [6.07, 6.45) is 2.74. The third kappa shape index (κ3) is 1.54. The van der Waals surface area contributed by atoms with Crippen LogP contribution in [0.4, 0.5) is 4.79 Å². The van der Waals surface area contributed by atoms with Crippen molar-refractivity contribution < 1.29 is 9.59 Å². The molecular weight excluding hydrogens is 182 g/mol. The zero-order valence-corrected chi connectivity index (χ0v) is 8.11. The number of carbonyl (C=O) groups is 2. The summed E-state index contributed by atoms with van der Waals surface area (Å²) in [5.41, 5.74) is 5.11. The smallest absolute Gasteiger partial charge is 0.314 e. The van der Waals surface area contributed by atoms with Crippen molar-refractivity contribution in [2.75, 3.05) is 19.6 Å². The van der Waals surface area contributed by atoms with Gasteiger partial charge < -0.3 is 15.5 Å². The summed E-state index contributed by atoms with van der Waals surface area (Å²) in [6.45, 7) is 2.07. The zero-order valence-electron chi connectivity index (χ0n) is 8.11. The second kappa shape index (κ2) is 3.48. The Balaban J connectivity index is 1.86. The van der Waals surface area contributed by atoms with Gasteiger partial charge in [0.15, 0.2) is 0 Å². The predicted molar refractivity (Wildman–Crippen MR) is 50.5 cm³/mol. The van der Waals surface area contributed by atoms with Gasteiger partial charge >= 0.3 is 6.03 Å². The van der Waals surface area contributed by atoms with Crippen LogP contribution in [0.3, 0.4) is 0 Å². The Labute approximate surface area is 82.8 Å². The van der Waals surface area contributed by atoms with Crippen molar-refractivity contribution in [3.63, 3.8) is 0 Å². The monoisotopic (exact) mass is 197 g/mol. The van der Waals surface area contributed by atoms with E-state index in [-0.39, 0.29) is 18.0 Å². The Hall–Kier alpha value is -1.26. The highest BCUT2D eigenvalue weighted by atomic mass is 16.2. The van der Waals surface area contributed by atoms with Crippen molar-refractivity contribution >= 4 is 11.9 Å². The van der Waals surface area contributed by atoms with Crippen LogP contribution in [0.25, 0.3) is 0 Å². The van der Waals surface area contributed by atoms with Crippen molar-refractivity contribution in [2.24, 2.45) is 5.73 Å². The summed E-state index contributed by atoms with van der Waals surface area (Å²) in [6, 6.07) is -0.166. The highest BCUT2D eigenvalue weighted by molar-refractivity contribution is 5.78. The number of nitrogens with two attached hydrogens (primary N) is 1. The fourth-order valence-electron chi connectivity index (χ4n) is 2.05. The molecule has 0 atom stereocenters. The highest BCUT2D eigenvalue weighted by Crippen LogP contribution is 2.20. The number of nitrogens with zero attached hydrogens (tertiary/aromatic N) is 2. The first-order valence-electron chi connectivity index (χ1n) is 5.02. The van der Waals surface area contributed by atoms with Gasteiger partial charge in [-0.15, -0.1) is 0 Å². The molecule has 2 aliphatic rings. The minimum atomic E-state index is -0.384. The molecular formula is C9H15N3O2. The molecule has 2 aliphatic heterocycles. The van der Waals surface area contributed by atoms with Crippen LogP contribution >= 0.6 is 0 Å². The number of carbonyl (C=O) groups excluding carboxylic acids is 2. The van der Waals surface area contributed by atoms with E-state index in [1.165, 1.54) is 0 Å². The van der Waals surface area contributed by atoms with E-state index in [0.29, 0.717) is 19.5 Å². The van der Waals surface area contributed by atoms with Gasteiger partial charge in [0, 0.05) is 26.1 Å². The molecule has 14 heavy (non-hydrogen) atoms. The number of primary amides is 1. The molecule has 0 bridgehead atoms.